The second-order valence-electron chi connectivity index (χ2n) is 17.5. The van der Waals surface area contributed by atoms with Gasteiger partial charge >= 0.3 is 17.9 Å². The molecule has 63 heavy (non-hydrogen) atoms. The van der Waals surface area contributed by atoms with Gasteiger partial charge in [0, 0.05) is 19.3 Å². The van der Waals surface area contributed by atoms with E-state index in [-0.39, 0.29) is 31.1 Å². The van der Waals surface area contributed by atoms with Crippen LogP contribution in [0.5, 0.6) is 0 Å². The lowest BCUT2D eigenvalue weighted by Gasteiger charge is -2.18. The summed E-state index contributed by atoms with van der Waals surface area (Å²) in [6.07, 6.45) is 64.5. The Balaban J connectivity index is 4.44. The molecule has 0 aromatic rings. The van der Waals surface area contributed by atoms with Crippen LogP contribution >= 0.6 is 0 Å². The van der Waals surface area contributed by atoms with Crippen LogP contribution in [0.1, 0.15) is 252 Å². The van der Waals surface area contributed by atoms with Crippen molar-refractivity contribution in [2.45, 2.75) is 258 Å². The Morgan fingerprint density at radius 3 is 1.11 bits per heavy atom. The Morgan fingerprint density at radius 2 is 0.683 bits per heavy atom. The summed E-state index contributed by atoms with van der Waals surface area (Å²) in [5.74, 6) is -0.934. The summed E-state index contributed by atoms with van der Waals surface area (Å²) in [6.45, 7) is 6.47. The topological polar surface area (TPSA) is 78.9 Å². The normalized spacial score (nSPS) is 12.6. The van der Waals surface area contributed by atoms with Gasteiger partial charge in [0.1, 0.15) is 13.2 Å². The minimum atomic E-state index is -0.793. The summed E-state index contributed by atoms with van der Waals surface area (Å²) in [5, 5.41) is 0. The van der Waals surface area contributed by atoms with Gasteiger partial charge in [-0.2, -0.15) is 0 Å². The van der Waals surface area contributed by atoms with E-state index in [2.05, 4.69) is 93.7 Å². The third-order valence-electron chi connectivity index (χ3n) is 11.2. The minimum Gasteiger partial charge on any atom is -0.462 e. The highest BCUT2D eigenvalue weighted by Gasteiger charge is 2.19. The highest BCUT2D eigenvalue weighted by Crippen LogP contribution is 2.14. The van der Waals surface area contributed by atoms with Gasteiger partial charge in [0.2, 0.25) is 0 Å². The Kier molecular flexibility index (Phi) is 48.9. The first-order chi connectivity index (χ1) is 31.0. The van der Waals surface area contributed by atoms with Crippen molar-refractivity contribution in [3.63, 3.8) is 0 Å². The number of unbranched alkanes of at least 4 members (excludes halogenated alkanes) is 26. The maximum absolute atomic E-state index is 12.8. The molecule has 6 nitrogen and oxygen atoms in total. The molecular formula is C57H98O6. The molecule has 0 saturated heterocycles. The van der Waals surface area contributed by atoms with Gasteiger partial charge in [0.05, 0.1) is 0 Å². The van der Waals surface area contributed by atoms with Crippen LogP contribution in [0.4, 0.5) is 0 Å². The molecule has 0 aliphatic carbocycles. The maximum Gasteiger partial charge on any atom is 0.306 e. The predicted molar refractivity (Wildman–Crippen MR) is 270 cm³/mol. The van der Waals surface area contributed by atoms with Crippen molar-refractivity contribution in [1.82, 2.24) is 0 Å². The van der Waals surface area contributed by atoms with Gasteiger partial charge in [-0.25, -0.2) is 0 Å². The summed E-state index contributed by atoms with van der Waals surface area (Å²) in [5.41, 5.74) is 0. The lowest BCUT2D eigenvalue weighted by Crippen LogP contribution is -2.30. The molecule has 0 aliphatic rings. The Hall–Kier alpha value is -3.15. The van der Waals surface area contributed by atoms with Crippen molar-refractivity contribution in [1.29, 1.82) is 0 Å². The van der Waals surface area contributed by atoms with Crippen LogP contribution in [-0.4, -0.2) is 37.2 Å². The number of carbonyl (C=O) groups excluding carboxylic acids is 3. The molecule has 0 radical (unpaired) electrons. The van der Waals surface area contributed by atoms with Crippen LogP contribution in [0.25, 0.3) is 0 Å². The van der Waals surface area contributed by atoms with Gasteiger partial charge in [0.25, 0.3) is 0 Å². The number of carbonyl (C=O) groups is 3. The third-order valence-corrected chi connectivity index (χ3v) is 11.2. The first-order valence-corrected chi connectivity index (χ1v) is 26.5. The number of hydrogen-bond acceptors (Lipinski definition) is 6. The number of rotatable bonds is 47. The van der Waals surface area contributed by atoms with Crippen molar-refractivity contribution in [2.75, 3.05) is 13.2 Å². The Bertz CT molecular complexity index is 1190. The van der Waals surface area contributed by atoms with E-state index < -0.39 is 6.10 Å². The van der Waals surface area contributed by atoms with Gasteiger partial charge < -0.3 is 14.2 Å². The van der Waals surface area contributed by atoms with E-state index in [1.807, 2.05) is 0 Å². The first-order valence-electron chi connectivity index (χ1n) is 26.5. The van der Waals surface area contributed by atoms with Crippen molar-refractivity contribution in [3.8, 4) is 0 Å². The molecule has 0 saturated carbocycles. The molecule has 1 atom stereocenters. The van der Waals surface area contributed by atoms with E-state index in [0.29, 0.717) is 19.3 Å². The van der Waals surface area contributed by atoms with E-state index >= 15 is 0 Å². The van der Waals surface area contributed by atoms with Gasteiger partial charge in [-0.15, -0.1) is 0 Å². The lowest BCUT2D eigenvalue weighted by atomic mass is 10.1. The summed E-state index contributed by atoms with van der Waals surface area (Å²) in [7, 11) is 0. The summed E-state index contributed by atoms with van der Waals surface area (Å²) < 4.78 is 16.8. The van der Waals surface area contributed by atoms with Crippen LogP contribution in [-0.2, 0) is 28.6 Å². The van der Waals surface area contributed by atoms with Crippen LogP contribution in [0.3, 0.4) is 0 Å². The molecule has 0 amide bonds. The molecule has 0 heterocycles. The highest BCUT2D eigenvalue weighted by atomic mass is 16.6. The van der Waals surface area contributed by atoms with Crippen LogP contribution in [0, 0.1) is 0 Å². The molecule has 0 aromatic carbocycles. The number of ether oxygens (including phenoxy) is 3. The van der Waals surface area contributed by atoms with Gasteiger partial charge in [0.15, 0.2) is 6.10 Å². The zero-order valence-electron chi connectivity index (χ0n) is 41.3. The molecule has 0 bridgehead atoms. The zero-order valence-corrected chi connectivity index (χ0v) is 41.3. The van der Waals surface area contributed by atoms with E-state index in [4.69, 9.17) is 14.2 Å². The van der Waals surface area contributed by atoms with Gasteiger partial charge in [-0.3, -0.25) is 14.4 Å². The van der Waals surface area contributed by atoms with Gasteiger partial charge in [-0.05, 0) is 96.3 Å². The SMILES string of the molecule is CC/C=C\C/C=C\CCCCCCCCCC(=O)OC(COC(=O)CCCCC/C=C\CCCCCCCC)COC(=O)CCCCCCC\C=C/C=C\C=C/CCCCCCC. The Labute approximate surface area is 389 Å². The molecule has 0 rings (SSSR count). The van der Waals surface area contributed by atoms with Crippen molar-refractivity contribution >= 4 is 17.9 Å². The van der Waals surface area contributed by atoms with E-state index in [1.54, 1.807) is 0 Å². The smallest absolute Gasteiger partial charge is 0.306 e. The molecular weight excluding hydrogens is 781 g/mol. The third kappa shape index (κ3) is 49.7. The van der Waals surface area contributed by atoms with E-state index in [0.717, 1.165) is 109 Å². The van der Waals surface area contributed by atoms with E-state index in [1.165, 1.54) is 103 Å². The summed E-state index contributed by atoms with van der Waals surface area (Å²) in [6, 6.07) is 0. The predicted octanol–water partition coefficient (Wildman–Crippen LogP) is 17.4. The average molecular weight is 879 g/mol. The molecule has 0 aliphatic heterocycles. The maximum atomic E-state index is 12.8. The van der Waals surface area contributed by atoms with Gasteiger partial charge in [-0.1, -0.05) is 209 Å². The zero-order chi connectivity index (χ0) is 45.8. The van der Waals surface area contributed by atoms with Crippen LogP contribution in [0.2, 0.25) is 0 Å². The van der Waals surface area contributed by atoms with Crippen LogP contribution in [0.15, 0.2) is 72.9 Å². The minimum absolute atomic E-state index is 0.0935. The van der Waals surface area contributed by atoms with Crippen molar-refractivity contribution in [3.05, 3.63) is 72.9 Å². The standard InChI is InChI=1S/C57H98O6/c1-4-7-10-13-16-19-22-25-27-28-29-30-33-35-38-41-44-47-50-56(59)62-53-54(52-61-55(58)49-46-43-40-37-34-31-24-21-18-15-12-9-6-3)63-57(60)51-48-45-42-39-36-32-26-23-20-17-14-11-8-5-2/h8,11,17,20,22,25,27-31,34,54H,4-7,9-10,12-16,18-19,21,23-24,26,32-33,35-53H2,1-3H3/b11-8-,20-17-,25-22-,28-27-,30-29-,34-31-. The summed E-state index contributed by atoms with van der Waals surface area (Å²) >= 11 is 0. The second kappa shape index (κ2) is 51.5. The lowest BCUT2D eigenvalue weighted by molar-refractivity contribution is -0.167. The quantitative estimate of drug-likeness (QED) is 0.0199. The Morgan fingerprint density at radius 1 is 0.349 bits per heavy atom. The fourth-order valence-electron chi connectivity index (χ4n) is 7.24. The number of hydrogen-bond donors (Lipinski definition) is 0. The number of esters is 3. The molecule has 362 valence electrons. The van der Waals surface area contributed by atoms with Crippen molar-refractivity contribution in [2.24, 2.45) is 0 Å². The first kappa shape index (κ1) is 59.9. The van der Waals surface area contributed by atoms with Crippen molar-refractivity contribution < 1.29 is 28.6 Å². The molecule has 1 unspecified atom stereocenters. The molecule has 0 aromatic heterocycles. The highest BCUT2D eigenvalue weighted by molar-refractivity contribution is 5.71. The number of allylic oxidation sites excluding steroid dienone is 12. The average Bonchev–Trinajstić information content (AvgIpc) is 3.28. The largest absolute Gasteiger partial charge is 0.462 e. The van der Waals surface area contributed by atoms with Crippen LogP contribution < -0.4 is 0 Å². The fourth-order valence-corrected chi connectivity index (χ4v) is 7.24. The molecule has 0 spiro atoms. The second-order valence-corrected chi connectivity index (χ2v) is 17.5. The summed E-state index contributed by atoms with van der Waals surface area (Å²) in [4.78, 5) is 38.0. The van der Waals surface area contributed by atoms with E-state index in [9.17, 15) is 14.4 Å². The molecule has 0 fully saturated rings. The molecule has 0 N–H and O–H groups in total. The monoisotopic (exact) mass is 879 g/mol. The molecule has 6 heteroatoms. The fraction of sp³-hybridized carbons (Fsp3) is 0.737.